The van der Waals surface area contributed by atoms with Crippen LogP contribution in [0, 0.1) is 0 Å². The highest BCUT2D eigenvalue weighted by Crippen LogP contribution is 2.12. The highest BCUT2D eigenvalue weighted by molar-refractivity contribution is 5.74. The number of amides is 2. The van der Waals surface area contributed by atoms with E-state index in [2.05, 4.69) is 5.32 Å². The van der Waals surface area contributed by atoms with E-state index in [9.17, 15) is 13.6 Å². The maximum Gasteiger partial charge on any atom is 0.317 e. The summed E-state index contributed by atoms with van der Waals surface area (Å²) < 4.78 is 25.4. The maximum atomic E-state index is 12.7. The lowest BCUT2D eigenvalue weighted by molar-refractivity contribution is -0.0460. The first-order valence-electron chi connectivity index (χ1n) is 5.57. The summed E-state index contributed by atoms with van der Waals surface area (Å²) in [6.45, 7) is -0.806. The minimum atomic E-state index is -3.23. The van der Waals surface area contributed by atoms with Gasteiger partial charge in [-0.15, -0.1) is 0 Å². The monoisotopic (exact) mass is 236 g/mol. The molecule has 0 spiro atoms. The zero-order valence-electron chi connectivity index (χ0n) is 9.22. The molecule has 1 heterocycles. The summed E-state index contributed by atoms with van der Waals surface area (Å²) in [5.74, 6) is -3.23. The Labute approximate surface area is 93.6 Å². The van der Waals surface area contributed by atoms with E-state index in [1.807, 2.05) is 0 Å². The van der Waals surface area contributed by atoms with Crippen LogP contribution < -0.4 is 5.32 Å². The molecule has 6 heteroatoms. The molecule has 0 bridgehead atoms. The fraction of sp³-hybridized carbons (Fsp3) is 0.900. The van der Waals surface area contributed by atoms with Crippen molar-refractivity contribution in [3.05, 3.63) is 0 Å². The van der Waals surface area contributed by atoms with Crippen LogP contribution in [0.3, 0.4) is 0 Å². The number of aliphatic hydroxyl groups is 1. The largest absolute Gasteiger partial charge is 0.390 e. The number of hydrogen-bond donors (Lipinski definition) is 2. The molecule has 0 atom stereocenters. The van der Waals surface area contributed by atoms with E-state index in [1.54, 1.807) is 4.90 Å². The number of likely N-dealkylation sites (tertiary alicyclic amines) is 1. The van der Waals surface area contributed by atoms with E-state index in [1.165, 1.54) is 0 Å². The van der Waals surface area contributed by atoms with Crippen LogP contribution in [0.5, 0.6) is 0 Å². The molecule has 2 amide bonds. The molecule has 16 heavy (non-hydrogen) atoms. The standard InChI is InChI=1S/C10H18F2N2O2/c11-10(12,8-15)7-13-9(16)14-5-3-1-2-4-6-14/h15H,1-8H2,(H,13,16). The second kappa shape index (κ2) is 5.98. The Hall–Kier alpha value is -0.910. The van der Waals surface area contributed by atoms with E-state index in [-0.39, 0.29) is 0 Å². The number of alkyl halides is 2. The van der Waals surface area contributed by atoms with Crippen LogP contribution in [0.25, 0.3) is 0 Å². The summed E-state index contributed by atoms with van der Waals surface area (Å²) in [7, 11) is 0. The number of nitrogens with zero attached hydrogens (tertiary/aromatic N) is 1. The fourth-order valence-electron chi connectivity index (χ4n) is 1.65. The smallest absolute Gasteiger partial charge is 0.317 e. The van der Waals surface area contributed by atoms with E-state index in [0.29, 0.717) is 13.1 Å². The molecule has 0 aromatic carbocycles. The molecule has 1 rings (SSSR count). The van der Waals surface area contributed by atoms with Gasteiger partial charge in [0.2, 0.25) is 0 Å². The summed E-state index contributed by atoms with van der Waals surface area (Å²) in [5, 5.41) is 10.5. The zero-order chi connectivity index (χ0) is 12.0. The molecule has 0 unspecified atom stereocenters. The summed E-state index contributed by atoms with van der Waals surface area (Å²) >= 11 is 0. The van der Waals surface area contributed by atoms with Gasteiger partial charge in [0, 0.05) is 13.1 Å². The quantitative estimate of drug-likeness (QED) is 0.773. The molecule has 0 aromatic rings. The topological polar surface area (TPSA) is 52.6 Å². The predicted molar refractivity (Wildman–Crippen MR) is 55.5 cm³/mol. The van der Waals surface area contributed by atoms with Gasteiger partial charge in [0.05, 0.1) is 6.54 Å². The van der Waals surface area contributed by atoms with Gasteiger partial charge in [-0.25, -0.2) is 13.6 Å². The molecule has 0 aromatic heterocycles. The van der Waals surface area contributed by atoms with Gasteiger partial charge in [0.15, 0.2) is 0 Å². The van der Waals surface area contributed by atoms with Gasteiger partial charge in [-0.05, 0) is 12.8 Å². The average Bonchev–Trinajstić information content (AvgIpc) is 2.54. The van der Waals surface area contributed by atoms with Gasteiger partial charge in [0.25, 0.3) is 5.92 Å². The fourth-order valence-corrected chi connectivity index (χ4v) is 1.65. The molecule has 0 radical (unpaired) electrons. The normalized spacial score (nSPS) is 18.1. The first-order valence-corrected chi connectivity index (χ1v) is 5.57. The number of aliphatic hydroxyl groups excluding tert-OH is 1. The van der Waals surface area contributed by atoms with Crippen LogP contribution in [0.4, 0.5) is 13.6 Å². The van der Waals surface area contributed by atoms with Gasteiger partial charge < -0.3 is 15.3 Å². The molecule has 4 nitrogen and oxygen atoms in total. The van der Waals surface area contributed by atoms with Crippen LogP contribution in [-0.4, -0.2) is 48.2 Å². The van der Waals surface area contributed by atoms with E-state index in [0.717, 1.165) is 25.7 Å². The van der Waals surface area contributed by atoms with Crippen molar-refractivity contribution in [1.82, 2.24) is 10.2 Å². The third-order valence-corrected chi connectivity index (χ3v) is 2.62. The van der Waals surface area contributed by atoms with Crippen molar-refractivity contribution in [3.8, 4) is 0 Å². The number of rotatable bonds is 3. The number of nitrogens with one attached hydrogen (secondary N) is 1. The second-order valence-corrected chi connectivity index (χ2v) is 4.07. The van der Waals surface area contributed by atoms with Crippen molar-refractivity contribution < 1.29 is 18.7 Å². The van der Waals surface area contributed by atoms with Gasteiger partial charge in [-0.2, -0.15) is 0 Å². The molecule has 2 N–H and O–H groups in total. The average molecular weight is 236 g/mol. The van der Waals surface area contributed by atoms with Gasteiger partial charge in [-0.1, -0.05) is 12.8 Å². The van der Waals surface area contributed by atoms with Gasteiger partial charge in [-0.3, -0.25) is 0 Å². The zero-order valence-corrected chi connectivity index (χ0v) is 9.22. The van der Waals surface area contributed by atoms with Crippen molar-refractivity contribution in [1.29, 1.82) is 0 Å². The van der Waals surface area contributed by atoms with Crippen LogP contribution >= 0.6 is 0 Å². The first kappa shape index (κ1) is 13.2. The van der Waals surface area contributed by atoms with E-state index in [4.69, 9.17) is 5.11 Å². The minimum Gasteiger partial charge on any atom is -0.390 e. The molecule has 0 aliphatic carbocycles. The third-order valence-electron chi connectivity index (χ3n) is 2.62. The highest BCUT2D eigenvalue weighted by Gasteiger charge is 2.29. The number of urea groups is 1. The molecule has 1 fully saturated rings. The number of carbonyl (C=O) groups is 1. The maximum absolute atomic E-state index is 12.7. The van der Waals surface area contributed by atoms with Crippen molar-refractivity contribution in [3.63, 3.8) is 0 Å². The molecule has 1 saturated heterocycles. The Morgan fingerprint density at radius 1 is 1.25 bits per heavy atom. The van der Waals surface area contributed by atoms with Crippen LogP contribution in [0.2, 0.25) is 0 Å². The van der Waals surface area contributed by atoms with Gasteiger partial charge >= 0.3 is 6.03 Å². The minimum absolute atomic E-state index is 0.463. The molecule has 0 saturated carbocycles. The lowest BCUT2D eigenvalue weighted by Crippen LogP contribution is -2.46. The van der Waals surface area contributed by atoms with E-state index >= 15 is 0 Å². The van der Waals surface area contributed by atoms with Crippen LogP contribution in [0.1, 0.15) is 25.7 Å². The molecule has 1 aliphatic rings. The molecular weight excluding hydrogens is 218 g/mol. The highest BCUT2D eigenvalue weighted by atomic mass is 19.3. The Kier molecular flexibility index (Phi) is 4.92. The second-order valence-electron chi connectivity index (χ2n) is 4.07. The SMILES string of the molecule is O=C(NCC(F)(F)CO)N1CCCCCC1. The van der Waals surface area contributed by atoms with Crippen LogP contribution in [0.15, 0.2) is 0 Å². The predicted octanol–water partition coefficient (Wildman–Crippen LogP) is 1.20. The van der Waals surface area contributed by atoms with Crippen molar-refractivity contribution in [2.45, 2.75) is 31.6 Å². The molecule has 1 aliphatic heterocycles. The summed E-state index contributed by atoms with van der Waals surface area (Å²) in [6.07, 6.45) is 4.00. The lowest BCUT2D eigenvalue weighted by atomic mass is 10.2. The number of halogens is 2. The Morgan fingerprint density at radius 3 is 2.31 bits per heavy atom. The summed E-state index contributed by atoms with van der Waals surface area (Å²) in [4.78, 5) is 13.1. The van der Waals surface area contributed by atoms with Crippen molar-refractivity contribution in [2.75, 3.05) is 26.2 Å². The Bertz CT molecular complexity index is 229. The third kappa shape index (κ3) is 4.30. The summed E-state index contributed by atoms with van der Waals surface area (Å²) in [5.41, 5.74) is 0. The number of hydrogen-bond acceptors (Lipinski definition) is 2. The lowest BCUT2D eigenvalue weighted by Gasteiger charge is -2.22. The van der Waals surface area contributed by atoms with Crippen molar-refractivity contribution >= 4 is 6.03 Å². The molecular formula is C10H18F2N2O2. The summed E-state index contributed by atoms with van der Waals surface area (Å²) in [6, 6.07) is -0.463. The van der Waals surface area contributed by atoms with Crippen LogP contribution in [-0.2, 0) is 0 Å². The Morgan fingerprint density at radius 2 is 1.81 bits per heavy atom. The van der Waals surface area contributed by atoms with Crippen molar-refractivity contribution in [2.24, 2.45) is 0 Å². The van der Waals surface area contributed by atoms with E-state index < -0.39 is 25.1 Å². The molecule has 94 valence electrons. The first-order chi connectivity index (χ1) is 7.55. The number of carbonyl (C=O) groups excluding carboxylic acids is 1. The Balaban J connectivity index is 2.33. The van der Waals surface area contributed by atoms with Gasteiger partial charge in [0.1, 0.15) is 6.61 Å².